The molecule has 1 heterocycles. The molecule has 3 heteroatoms. The molecule has 1 aromatic rings. The molecule has 0 radical (unpaired) electrons. The van der Waals surface area contributed by atoms with Gasteiger partial charge in [-0.15, -0.1) is 0 Å². The van der Waals surface area contributed by atoms with E-state index in [0.29, 0.717) is 12.7 Å². The Morgan fingerprint density at radius 2 is 1.94 bits per heavy atom. The highest BCUT2D eigenvalue weighted by atomic mass is 16.7. The summed E-state index contributed by atoms with van der Waals surface area (Å²) in [7, 11) is 0. The maximum Gasteiger partial charge on any atom is 0.231 e. The minimum atomic E-state index is -0.361. The Kier molecular flexibility index (Phi) is 2.58. The summed E-state index contributed by atoms with van der Waals surface area (Å²) in [4.78, 5) is 0. The van der Waals surface area contributed by atoms with Crippen LogP contribution in [-0.4, -0.2) is 6.79 Å². The molecule has 88 valence electrons. The smallest absolute Gasteiger partial charge is 0.231 e. The molecule has 0 amide bonds. The van der Waals surface area contributed by atoms with E-state index < -0.39 is 0 Å². The van der Waals surface area contributed by atoms with Gasteiger partial charge in [-0.2, -0.15) is 0 Å². The average molecular weight is 221 g/mol. The Balaban J connectivity index is 2.63. The Bertz CT molecular complexity index is 405. The van der Waals surface area contributed by atoms with E-state index in [1.807, 2.05) is 26.0 Å². The van der Waals surface area contributed by atoms with Crippen LogP contribution in [0.3, 0.4) is 0 Å². The van der Waals surface area contributed by atoms with E-state index in [2.05, 4.69) is 13.8 Å². The van der Waals surface area contributed by atoms with Gasteiger partial charge < -0.3 is 15.2 Å². The quantitative estimate of drug-likeness (QED) is 0.835. The first-order valence-corrected chi connectivity index (χ1v) is 5.63. The lowest BCUT2D eigenvalue weighted by Crippen LogP contribution is -2.30. The van der Waals surface area contributed by atoms with Gasteiger partial charge in [-0.05, 0) is 31.4 Å². The molecule has 1 aromatic carbocycles. The molecule has 0 unspecified atom stereocenters. The van der Waals surface area contributed by atoms with Crippen LogP contribution < -0.4 is 15.2 Å². The van der Waals surface area contributed by atoms with E-state index in [4.69, 9.17) is 15.2 Å². The fourth-order valence-electron chi connectivity index (χ4n) is 2.13. The molecule has 16 heavy (non-hydrogen) atoms. The molecular weight excluding hydrogens is 202 g/mol. The fraction of sp³-hybridized carbons (Fsp3) is 0.538. The van der Waals surface area contributed by atoms with Gasteiger partial charge in [0.05, 0.1) is 0 Å². The van der Waals surface area contributed by atoms with Crippen LogP contribution in [0.1, 0.15) is 44.7 Å². The molecule has 0 atom stereocenters. The second kappa shape index (κ2) is 3.67. The summed E-state index contributed by atoms with van der Waals surface area (Å²) in [6.45, 7) is 8.62. The van der Waals surface area contributed by atoms with E-state index in [1.165, 1.54) is 5.56 Å². The van der Waals surface area contributed by atoms with Crippen molar-refractivity contribution in [2.24, 2.45) is 5.73 Å². The third-order valence-corrected chi connectivity index (χ3v) is 2.85. The second-order valence-corrected chi connectivity index (χ2v) is 5.14. The minimum Gasteiger partial charge on any atom is -0.454 e. The molecule has 0 bridgehead atoms. The predicted octanol–water partition coefficient (Wildman–Crippen LogP) is 2.73. The van der Waals surface area contributed by atoms with Crippen molar-refractivity contribution in [3.8, 4) is 11.5 Å². The molecule has 0 saturated carbocycles. The number of rotatable bonds is 2. The topological polar surface area (TPSA) is 44.5 Å². The molecule has 1 aliphatic heterocycles. The minimum absolute atomic E-state index is 0.309. The number of hydrogen-bond acceptors (Lipinski definition) is 3. The Hall–Kier alpha value is -1.22. The van der Waals surface area contributed by atoms with Crippen molar-refractivity contribution in [1.82, 2.24) is 0 Å². The maximum atomic E-state index is 6.19. The van der Waals surface area contributed by atoms with Crippen molar-refractivity contribution in [3.05, 3.63) is 23.3 Å². The monoisotopic (exact) mass is 221 g/mol. The van der Waals surface area contributed by atoms with Crippen molar-refractivity contribution in [2.75, 3.05) is 6.79 Å². The van der Waals surface area contributed by atoms with Gasteiger partial charge in [-0.3, -0.25) is 0 Å². The van der Waals surface area contributed by atoms with Gasteiger partial charge in [0.1, 0.15) is 0 Å². The van der Waals surface area contributed by atoms with Gasteiger partial charge in [-0.25, -0.2) is 0 Å². The number of benzene rings is 1. The van der Waals surface area contributed by atoms with Crippen LogP contribution in [0.5, 0.6) is 11.5 Å². The van der Waals surface area contributed by atoms with Crippen LogP contribution >= 0.6 is 0 Å². The molecule has 3 nitrogen and oxygen atoms in total. The van der Waals surface area contributed by atoms with Crippen molar-refractivity contribution in [3.63, 3.8) is 0 Å². The largest absolute Gasteiger partial charge is 0.454 e. The van der Waals surface area contributed by atoms with Crippen LogP contribution in [-0.2, 0) is 5.54 Å². The molecule has 0 spiro atoms. The fourth-order valence-corrected chi connectivity index (χ4v) is 2.13. The van der Waals surface area contributed by atoms with Crippen LogP contribution in [0.15, 0.2) is 12.1 Å². The lowest BCUT2D eigenvalue weighted by atomic mass is 9.85. The normalized spacial score (nSPS) is 14.6. The lowest BCUT2D eigenvalue weighted by molar-refractivity contribution is 0.173. The van der Waals surface area contributed by atoms with Crippen molar-refractivity contribution < 1.29 is 9.47 Å². The van der Waals surface area contributed by atoms with E-state index in [0.717, 1.165) is 17.1 Å². The summed E-state index contributed by atoms with van der Waals surface area (Å²) in [5.41, 5.74) is 8.13. The van der Waals surface area contributed by atoms with Crippen LogP contribution in [0.25, 0.3) is 0 Å². The summed E-state index contributed by atoms with van der Waals surface area (Å²) in [6.07, 6.45) is 0. The zero-order chi connectivity index (χ0) is 11.9. The van der Waals surface area contributed by atoms with Gasteiger partial charge in [0, 0.05) is 11.1 Å². The highest BCUT2D eigenvalue weighted by Crippen LogP contribution is 2.43. The van der Waals surface area contributed by atoms with Crippen LogP contribution in [0.4, 0.5) is 0 Å². The molecule has 1 aliphatic rings. The number of ether oxygens (including phenoxy) is 2. The highest BCUT2D eigenvalue weighted by Gasteiger charge is 2.27. The summed E-state index contributed by atoms with van der Waals surface area (Å²) >= 11 is 0. The standard InChI is InChI=1S/C13H19NO2/c1-8(2)11-9(13(3,4)14)5-6-10-12(11)16-7-15-10/h5-6,8H,7,14H2,1-4H3. The summed E-state index contributed by atoms with van der Waals surface area (Å²) in [5, 5.41) is 0. The maximum absolute atomic E-state index is 6.19. The first-order valence-electron chi connectivity index (χ1n) is 5.63. The Morgan fingerprint density at radius 1 is 1.25 bits per heavy atom. The summed E-state index contributed by atoms with van der Waals surface area (Å²) in [5.74, 6) is 2.07. The zero-order valence-corrected chi connectivity index (χ0v) is 10.3. The summed E-state index contributed by atoms with van der Waals surface area (Å²) in [6, 6.07) is 3.99. The van der Waals surface area contributed by atoms with Gasteiger partial charge >= 0.3 is 0 Å². The van der Waals surface area contributed by atoms with Gasteiger partial charge in [0.2, 0.25) is 6.79 Å². The molecule has 0 aliphatic carbocycles. The Morgan fingerprint density at radius 3 is 2.50 bits per heavy atom. The third-order valence-electron chi connectivity index (χ3n) is 2.85. The van der Waals surface area contributed by atoms with Crippen molar-refractivity contribution in [2.45, 2.75) is 39.2 Å². The van der Waals surface area contributed by atoms with E-state index in [-0.39, 0.29) is 5.54 Å². The van der Waals surface area contributed by atoms with E-state index in [9.17, 15) is 0 Å². The van der Waals surface area contributed by atoms with Gasteiger partial charge in [-0.1, -0.05) is 19.9 Å². The Labute approximate surface area is 96.5 Å². The highest BCUT2D eigenvalue weighted by molar-refractivity contribution is 5.55. The second-order valence-electron chi connectivity index (χ2n) is 5.14. The first-order chi connectivity index (χ1) is 7.41. The van der Waals surface area contributed by atoms with E-state index >= 15 is 0 Å². The first kappa shape index (κ1) is 11.3. The molecule has 0 saturated heterocycles. The average Bonchev–Trinajstić information content (AvgIpc) is 2.61. The SMILES string of the molecule is CC(C)c1c(C(C)(C)N)ccc2c1OCO2. The van der Waals surface area contributed by atoms with Crippen LogP contribution in [0.2, 0.25) is 0 Å². The zero-order valence-electron chi connectivity index (χ0n) is 10.3. The number of hydrogen-bond donors (Lipinski definition) is 1. The predicted molar refractivity (Wildman–Crippen MR) is 63.9 cm³/mol. The number of fused-ring (bicyclic) bond motifs is 1. The van der Waals surface area contributed by atoms with Crippen molar-refractivity contribution in [1.29, 1.82) is 0 Å². The van der Waals surface area contributed by atoms with Gasteiger partial charge in [0.15, 0.2) is 11.5 Å². The third kappa shape index (κ3) is 1.76. The summed E-state index contributed by atoms with van der Waals surface area (Å²) < 4.78 is 10.9. The molecule has 2 rings (SSSR count). The lowest BCUT2D eigenvalue weighted by Gasteiger charge is -2.25. The molecule has 0 fully saturated rings. The van der Waals surface area contributed by atoms with Gasteiger partial charge in [0.25, 0.3) is 0 Å². The number of nitrogens with two attached hydrogens (primary N) is 1. The van der Waals surface area contributed by atoms with E-state index in [1.54, 1.807) is 0 Å². The molecule has 0 aromatic heterocycles. The molecular formula is C13H19NO2. The molecule has 2 N–H and O–H groups in total. The van der Waals surface area contributed by atoms with Crippen molar-refractivity contribution >= 4 is 0 Å². The van der Waals surface area contributed by atoms with Crippen LogP contribution in [0, 0.1) is 0 Å².